The van der Waals surface area contributed by atoms with Crippen molar-refractivity contribution in [3.8, 4) is 0 Å². The summed E-state index contributed by atoms with van der Waals surface area (Å²) >= 11 is 0. The second-order valence-electron chi connectivity index (χ2n) is 7.02. The first kappa shape index (κ1) is 19.1. The lowest BCUT2D eigenvalue weighted by atomic mass is 10.1. The van der Waals surface area contributed by atoms with Crippen molar-refractivity contribution < 1.29 is 9.53 Å². The molecule has 0 saturated carbocycles. The van der Waals surface area contributed by atoms with Crippen molar-refractivity contribution in [1.82, 2.24) is 9.91 Å². The number of hydrogen-bond donors (Lipinski definition) is 0. The third-order valence-corrected chi connectivity index (χ3v) is 4.94. The zero-order valence-corrected chi connectivity index (χ0v) is 16.3. The number of nitrogens with zero attached hydrogens (tertiary/aromatic N) is 3. The predicted octanol–water partition coefficient (Wildman–Crippen LogP) is 3.24. The smallest absolute Gasteiger partial charge is 0.337 e. The molecule has 1 saturated heterocycles. The molecule has 0 bridgehead atoms. The minimum atomic E-state index is -0.321. The number of rotatable bonds is 5. The summed E-state index contributed by atoms with van der Waals surface area (Å²) in [7, 11) is 1.39. The first-order valence-electron chi connectivity index (χ1n) is 9.31. The zero-order chi connectivity index (χ0) is 19.2. The number of methoxy groups -OCH3 is 1. The van der Waals surface area contributed by atoms with Gasteiger partial charge in [-0.2, -0.15) is 5.10 Å². The van der Waals surface area contributed by atoms with Gasteiger partial charge >= 0.3 is 5.97 Å². The van der Waals surface area contributed by atoms with Gasteiger partial charge in [0.2, 0.25) is 0 Å². The molecule has 0 spiro atoms. The standard InChI is InChI=1S/C22H27N3O2/c1-17-4-7-21(18(2)14-17)16-24-10-12-25(13-11-24)23-15-19-5-8-20(9-6-19)22(26)27-3/h4-9,14-15H,10-13,16H2,1-3H3/b23-15-. The minimum absolute atomic E-state index is 0.321. The molecule has 0 N–H and O–H groups in total. The van der Waals surface area contributed by atoms with Crippen LogP contribution in [0.15, 0.2) is 47.6 Å². The second kappa shape index (κ2) is 8.82. The highest BCUT2D eigenvalue weighted by molar-refractivity contribution is 5.90. The van der Waals surface area contributed by atoms with E-state index in [1.54, 1.807) is 12.1 Å². The zero-order valence-electron chi connectivity index (χ0n) is 16.3. The summed E-state index contributed by atoms with van der Waals surface area (Å²) in [5.74, 6) is -0.321. The van der Waals surface area contributed by atoms with Crippen LogP contribution in [-0.4, -0.2) is 55.4 Å². The van der Waals surface area contributed by atoms with E-state index in [0.717, 1.165) is 38.3 Å². The van der Waals surface area contributed by atoms with E-state index >= 15 is 0 Å². The number of piperazine rings is 1. The molecule has 1 heterocycles. The first-order valence-corrected chi connectivity index (χ1v) is 9.31. The average Bonchev–Trinajstić information content (AvgIpc) is 2.69. The van der Waals surface area contributed by atoms with Gasteiger partial charge in [0.05, 0.1) is 18.9 Å². The van der Waals surface area contributed by atoms with Crippen LogP contribution in [0.5, 0.6) is 0 Å². The van der Waals surface area contributed by atoms with Crippen LogP contribution in [0, 0.1) is 13.8 Å². The van der Waals surface area contributed by atoms with Crippen molar-refractivity contribution in [2.45, 2.75) is 20.4 Å². The van der Waals surface area contributed by atoms with Crippen LogP contribution < -0.4 is 0 Å². The Morgan fingerprint density at radius 1 is 1.07 bits per heavy atom. The minimum Gasteiger partial charge on any atom is -0.465 e. The molecule has 0 unspecified atom stereocenters. The Balaban J connectivity index is 1.50. The lowest BCUT2D eigenvalue weighted by Crippen LogP contribution is -2.43. The fraction of sp³-hybridized carbons (Fsp3) is 0.364. The Labute approximate surface area is 161 Å². The maximum Gasteiger partial charge on any atom is 0.337 e. The van der Waals surface area contributed by atoms with Crippen LogP contribution in [-0.2, 0) is 11.3 Å². The number of ether oxygens (including phenoxy) is 1. The first-order chi connectivity index (χ1) is 13.0. The van der Waals surface area contributed by atoms with Crippen LogP contribution in [0.3, 0.4) is 0 Å². The van der Waals surface area contributed by atoms with Crippen molar-refractivity contribution in [1.29, 1.82) is 0 Å². The molecule has 2 aromatic carbocycles. The average molecular weight is 365 g/mol. The highest BCUT2D eigenvalue weighted by atomic mass is 16.5. The molecule has 1 fully saturated rings. The summed E-state index contributed by atoms with van der Waals surface area (Å²) in [6.07, 6.45) is 1.85. The number of benzene rings is 2. The van der Waals surface area contributed by atoms with E-state index in [1.807, 2.05) is 18.3 Å². The summed E-state index contributed by atoms with van der Waals surface area (Å²) in [6.45, 7) is 9.17. The third kappa shape index (κ3) is 5.17. The van der Waals surface area contributed by atoms with Crippen molar-refractivity contribution in [3.63, 3.8) is 0 Å². The molecule has 142 valence electrons. The van der Waals surface area contributed by atoms with Gasteiger partial charge in [-0.1, -0.05) is 35.9 Å². The number of carbonyl (C=O) groups is 1. The van der Waals surface area contributed by atoms with E-state index in [0.29, 0.717) is 5.56 Å². The van der Waals surface area contributed by atoms with Gasteiger partial charge in [0, 0.05) is 32.7 Å². The molecule has 2 aromatic rings. The number of aryl methyl sites for hydroxylation is 2. The van der Waals surface area contributed by atoms with Gasteiger partial charge in [-0.25, -0.2) is 4.79 Å². The van der Waals surface area contributed by atoms with Crippen LogP contribution >= 0.6 is 0 Å². The van der Waals surface area contributed by atoms with Crippen molar-refractivity contribution in [2.75, 3.05) is 33.3 Å². The number of esters is 1. The van der Waals surface area contributed by atoms with Crippen molar-refractivity contribution in [2.24, 2.45) is 5.10 Å². The Morgan fingerprint density at radius 3 is 2.41 bits per heavy atom. The Morgan fingerprint density at radius 2 is 1.78 bits per heavy atom. The van der Waals surface area contributed by atoms with Crippen molar-refractivity contribution >= 4 is 12.2 Å². The molecular formula is C22H27N3O2. The quantitative estimate of drug-likeness (QED) is 0.603. The molecule has 0 aliphatic carbocycles. The van der Waals surface area contributed by atoms with Crippen LogP contribution in [0.1, 0.15) is 32.6 Å². The summed E-state index contributed by atoms with van der Waals surface area (Å²) in [4.78, 5) is 13.9. The topological polar surface area (TPSA) is 45.1 Å². The largest absolute Gasteiger partial charge is 0.465 e. The molecule has 0 amide bonds. The Kier molecular flexibility index (Phi) is 6.24. The highest BCUT2D eigenvalue weighted by Crippen LogP contribution is 2.14. The number of carbonyl (C=O) groups excluding carboxylic acids is 1. The Bertz CT molecular complexity index is 807. The summed E-state index contributed by atoms with van der Waals surface area (Å²) in [5, 5.41) is 6.69. The maximum absolute atomic E-state index is 11.5. The molecule has 0 aromatic heterocycles. The summed E-state index contributed by atoms with van der Waals surface area (Å²) < 4.78 is 4.71. The Hall–Kier alpha value is -2.66. The van der Waals surface area contributed by atoms with Crippen LogP contribution in [0.25, 0.3) is 0 Å². The molecule has 27 heavy (non-hydrogen) atoms. The summed E-state index contributed by atoms with van der Waals surface area (Å²) in [5.41, 5.74) is 5.61. The third-order valence-electron chi connectivity index (χ3n) is 4.94. The number of hydrazone groups is 1. The van der Waals surface area contributed by atoms with Gasteiger partial charge in [0.25, 0.3) is 0 Å². The SMILES string of the molecule is COC(=O)c1ccc(/C=N\N2CCN(Cc3ccc(C)cc3C)CC2)cc1. The molecule has 1 aliphatic heterocycles. The van der Waals surface area contributed by atoms with Crippen LogP contribution in [0.2, 0.25) is 0 Å². The molecule has 5 heteroatoms. The molecule has 5 nitrogen and oxygen atoms in total. The van der Waals surface area contributed by atoms with E-state index in [2.05, 4.69) is 47.1 Å². The fourth-order valence-corrected chi connectivity index (χ4v) is 3.25. The maximum atomic E-state index is 11.5. The van der Waals surface area contributed by atoms with Gasteiger partial charge in [0.1, 0.15) is 0 Å². The number of hydrogen-bond acceptors (Lipinski definition) is 5. The normalized spacial score (nSPS) is 15.3. The van der Waals surface area contributed by atoms with Gasteiger partial charge in [-0.3, -0.25) is 9.91 Å². The van der Waals surface area contributed by atoms with E-state index in [1.165, 1.54) is 23.8 Å². The summed E-state index contributed by atoms with van der Waals surface area (Å²) in [6, 6.07) is 14.0. The van der Waals surface area contributed by atoms with Gasteiger partial charge < -0.3 is 4.74 Å². The monoisotopic (exact) mass is 365 g/mol. The predicted molar refractivity (Wildman–Crippen MR) is 108 cm³/mol. The van der Waals surface area contributed by atoms with E-state index in [-0.39, 0.29) is 5.97 Å². The lowest BCUT2D eigenvalue weighted by molar-refractivity contribution is 0.0600. The van der Waals surface area contributed by atoms with Gasteiger partial charge in [0.15, 0.2) is 0 Å². The van der Waals surface area contributed by atoms with Gasteiger partial charge in [-0.15, -0.1) is 0 Å². The van der Waals surface area contributed by atoms with E-state index in [4.69, 9.17) is 4.74 Å². The van der Waals surface area contributed by atoms with Gasteiger partial charge in [-0.05, 0) is 42.7 Å². The van der Waals surface area contributed by atoms with E-state index < -0.39 is 0 Å². The molecule has 3 rings (SSSR count). The second-order valence-corrected chi connectivity index (χ2v) is 7.02. The molecule has 0 atom stereocenters. The van der Waals surface area contributed by atoms with Crippen LogP contribution in [0.4, 0.5) is 0 Å². The van der Waals surface area contributed by atoms with E-state index in [9.17, 15) is 4.79 Å². The molecule has 1 aliphatic rings. The van der Waals surface area contributed by atoms with Crippen molar-refractivity contribution in [3.05, 3.63) is 70.3 Å². The lowest BCUT2D eigenvalue weighted by Gasteiger charge is -2.33. The molecule has 0 radical (unpaired) electrons. The highest BCUT2D eigenvalue weighted by Gasteiger charge is 2.16. The fourth-order valence-electron chi connectivity index (χ4n) is 3.25. The molecular weight excluding hydrogens is 338 g/mol.